The van der Waals surface area contributed by atoms with E-state index in [4.69, 9.17) is 16.9 Å². The van der Waals surface area contributed by atoms with Gasteiger partial charge in [-0.2, -0.15) is 5.26 Å². The Morgan fingerprint density at radius 3 is 2.85 bits per heavy atom. The highest BCUT2D eigenvalue weighted by molar-refractivity contribution is 6.16. The second-order valence-corrected chi connectivity index (χ2v) is 2.48. The predicted octanol–water partition coefficient (Wildman–Crippen LogP) is 1.60. The molecule has 66 valence electrons. The molecule has 0 aliphatic rings. The summed E-state index contributed by atoms with van der Waals surface area (Å²) in [5.41, 5.74) is 0.518. The molecule has 0 fully saturated rings. The average molecular weight is 198 g/mol. The summed E-state index contributed by atoms with van der Waals surface area (Å²) in [5, 5.41) is 18.8. The zero-order chi connectivity index (χ0) is 9.84. The number of hydrogen-bond acceptors (Lipinski definition) is 4. The van der Waals surface area contributed by atoms with Gasteiger partial charge in [0.1, 0.15) is 0 Å². The van der Waals surface area contributed by atoms with E-state index >= 15 is 0 Å². The van der Waals surface area contributed by atoms with E-state index in [1.54, 1.807) is 6.07 Å². The van der Waals surface area contributed by atoms with Gasteiger partial charge in [0, 0.05) is 6.07 Å². The number of pyridine rings is 1. The summed E-state index contributed by atoms with van der Waals surface area (Å²) >= 11 is 5.44. The van der Waals surface area contributed by atoms with Gasteiger partial charge in [0.05, 0.1) is 23.6 Å². The molecule has 0 N–H and O–H groups in total. The summed E-state index contributed by atoms with van der Waals surface area (Å²) < 4.78 is 0. The van der Waals surface area contributed by atoms with Gasteiger partial charge in [0.25, 0.3) is 0 Å². The van der Waals surface area contributed by atoms with Gasteiger partial charge in [-0.15, -0.1) is 11.6 Å². The topological polar surface area (TPSA) is 79.8 Å². The summed E-state index contributed by atoms with van der Waals surface area (Å²) in [5.74, 6) is -0.300. The van der Waals surface area contributed by atoms with Gasteiger partial charge in [-0.1, -0.05) is 0 Å². The first kappa shape index (κ1) is 9.42. The number of nitriles is 1. The quantitative estimate of drug-likeness (QED) is 0.410. The molecule has 0 saturated carbocycles. The molecular formula is C7H4ClN3O2. The van der Waals surface area contributed by atoms with Crippen LogP contribution in [0.4, 0.5) is 5.82 Å². The Hall–Kier alpha value is -1.67. The van der Waals surface area contributed by atoms with Crippen molar-refractivity contribution in [3.8, 4) is 6.07 Å². The van der Waals surface area contributed by atoms with Crippen molar-refractivity contribution in [1.82, 2.24) is 4.98 Å². The number of alkyl halides is 1. The zero-order valence-electron chi connectivity index (χ0n) is 6.40. The van der Waals surface area contributed by atoms with E-state index in [0.717, 1.165) is 6.07 Å². The van der Waals surface area contributed by atoms with E-state index in [9.17, 15) is 10.1 Å². The minimum atomic E-state index is -0.656. The lowest BCUT2D eigenvalue weighted by Crippen LogP contribution is -1.96. The van der Waals surface area contributed by atoms with Gasteiger partial charge in [0.2, 0.25) is 0 Å². The Balaban J connectivity index is 3.24. The molecule has 0 unspecified atom stereocenters. The average Bonchev–Trinajstić information content (AvgIpc) is 2.16. The summed E-state index contributed by atoms with van der Waals surface area (Å²) in [7, 11) is 0. The Labute approximate surface area is 78.7 Å². The lowest BCUT2D eigenvalue weighted by Gasteiger charge is -1.93. The first-order valence-electron chi connectivity index (χ1n) is 3.29. The second-order valence-electron chi connectivity index (χ2n) is 2.21. The molecule has 1 heterocycles. The smallest absolute Gasteiger partial charge is 0.358 e. The summed E-state index contributed by atoms with van der Waals surface area (Å²) in [6.45, 7) is 0. The molecule has 0 amide bonds. The van der Waals surface area contributed by atoms with Crippen molar-refractivity contribution in [1.29, 1.82) is 5.26 Å². The molecule has 0 atom stereocenters. The number of nitro groups is 1. The van der Waals surface area contributed by atoms with Crippen molar-refractivity contribution < 1.29 is 4.92 Å². The van der Waals surface area contributed by atoms with Gasteiger partial charge >= 0.3 is 5.82 Å². The van der Waals surface area contributed by atoms with E-state index in [1.807, 2.05) is 0 Å². The molecule has 0 radical (unpaired) electrons. The number of halogens is 1. The van der Waals surface area contributed by atoms with Crippen molar-refractivity contribution in [2.45, 2.75) is 5.88 Å². The number of aromatic nitrogens is 1. The third kappa shape index (κ3) is 2.13. The van der Waals surface area contributed by atoms with Crippen molar-refractivity contribution in [3.63, 3.8) is 0 Å². The highest BCUT2D eigenvalue weighted by atomic mass is 35.5. The molecule has 1 rings (SSSR count). The van der Waals surface area contributed by atoms with Crippen LogP contribution in [0.2, 0.25) is 0 Å². The van der Waals surface area contributed by atoms with Crippen LogP contribution in [0.15, 0.2) is 12.1 Å². The van der Waals surface area contributed by atoms with Crippen molar-refractivity contribution in [2.24, 2.45) is 0 Å². The first-order chi connectivity index (χ1) is 6.17. The summed E-state index contributed by atoms with van der Waals surface area (Å²) in [6.07, 6.45) is 0. The Bertz CT molecular complexity index is 386. The maximum atomic E-state index is 10.3. The Morgan fingerprint density at radius 2 is 2.38 bits per heavy atom. The molecule has 5 nitrogen and oxygen atoms in total. The fourth-order valence-electron chi connectivity index (χ4n) is 0.798. The van der Waals surface area contributed by atoms with Crippen molar-refractivity contribution in [2.75, 3.05) is 0 Å². The fraction of sp³-hybridized carbons (Fsp3) is 0.143. The number of nitrogens with zero attached hydrogens (tertiary/aromatic N) is 3. The SMILES string of the molecule is N#Cc1cc(CCl)nc([N+](=O)[O-])c1. The van der Waals surface area contributed by atoms with Gasteiger partial charge in [-0.25, -0.2) is 0 Å². The highest BCUT2D eigenvalue weighted by Crippen LogP contribution is 2.13. The molecule has 0 aliphatic carbocycles. The summed E-state index contributed by atoms with van der Waals surface area (Å²) in [6, 6.07) is 4.32. The van der Waals surface area contributed by atoms with Gasteiger partial charge in [0.15, 0.2) is 5.69 Å². The lowest BCUT2D eigenvalue weighted by molar-refractivity contribution is -0.389. The Morgan fingerprint density at radius 1 is 1.69 bits per heavy atom. The lowest BCUT2D eigenvalue weighted by atomic mass is 10.2. The van der Waals surface area contributed by atoms with E-state index < -0.39 is 4.92 Å². The molecule has 6 heteroatoms. The molecule has 0 aliphatic heterocycles. The minimum absolute atomic E-state index is 0.0519. The van der Waals surface area contributed by atoms with Gasteiger partial charge < -0.3 is 10.1 Å². The van der Waals surface area contributed by atoms with Crippen LogP contribution in [-0.2, 0) is 5.88 Å². The molecule has 0 aromatic carbocycles. The predicted molar refractivity (Wildman–Crippen MR) is 45.2 cm³/mol. The normalized spacial score (nSPS) is 9.23. The van der Waals surface area contributed by atoms with Crippen LogP contribution in [0.3, 0.4) is 0 Å². The van der Waals surface area contributed by atoms with Crippen LogP contribution in [0.25, 0.3) is 0 Å². The van der Waals surface area contributed by atoms with Gasteiger partial charge in [-0.3, -0.25) is 0 Å². The minimum Gasteiger partial charge on any atom is -0.358 e. The first-order valence-corrected chi connectivity index (χ1v) is 3.82. The number of rotatable bonds is 2. The molecular weight excluding hydrogens is 194 g/mol. The van der Waals surface area contributed by atoms with Crippen LogP contribution < -0.4 is 0 Å². The standard InChI is InChI=1S/C7H4ClN3O2/c8-3-6-1-5(4-9)2-7(10-6)11(12)13/h1-2H,3H2. The monoisotopic (exact) mass is 197 g/mol. The Kier molecular flexibility index (Phi) is 2.77. The molecule has 13 heavy (non-hydrogen) atoms. The molecule has 0 spiro atoms. The van der Waals surface area contributed by atoms with Crippen LogP contribution in [-0.4, -0.2) is 9.91 Å². The van der Waals surface area contributed by atoms with E-state index in [2.05, 4.69) is 4.98 Å². The van der Waals surface area contributed by atoms with E-state index in [1.165, 1.54) is 6.07 Å². The second kappa shape index (κ2) is 3.83. The van der Waals surface area contributed by atoms with Crippen LogP contribution in [0, 0.1) is 21.4 Å². The maximum absolute atomic E-state index is 10.3. The van der Waals surface area contributed by atoms with E-state index in [-0.39, 0.29) is 17.3 Å². The molecule has 0 bridgehead atoms. The zero-order valence-corrected chi connectivity index (χ0v) is 7.15. The molecule has 1 aromatic heterocycles. The van der Waals surface area contributed by atoms with E-state index in [0.29, 0.717) is 5.69 Å². The van der Waals surface area contributed by atoms with Crippen LogP contribution >= 0.6 is 11.6 Å². The van der Waals surface area contributed by atoms with Crippen molar-refractivity contribution >= 4 is 17.4 Å². The molecule has 1 aromatic rings. The highest BCUT2D eigenvalue weighted by Gasteiger charge is 2.11. The number of hydrogen-bond donors (Lipinski definition) is 0. The third-order valence-electron chi connectivity index (χ3n) is 1.32. The maximum Gasteiger partial charge on any atom is 0.365 e. The molecule has 0 saturated heterocycles. The van der Waals surface area contributed by atoms with Crippen LogP contribution in [0.1, 0.15) is 11.3 Å². The largest absolute Gasteiger partial charge is 0.365 e. The van der Waals surface area contributed by atoms with Crippen LogP contribution in [0.5, 0.6) is 0 Å². The fourth-order valence-corrected chi connectivity index (χ4v) is 0.935. The van der Waals surface area contributed by atoms with Crippen molar-refractivity contribution in [3.05, 3.63) is 33.5 Å². The van der Waals surface area contributed by atoms with Gasteiger partial charge in [-0.05, 0) is 9.91 Å². The third-order valence-corrected chi connectivity index (χ3v) is 1.59. The summed E-state index contributed by atoms with van der Waals surface area (Å²) in [4.78, 5) is 13.3.